The summed E-state index contributed by atoms with van der Waals surface area (Å²) in [4.78, 5) is 6.98. The number of pyridine rings is 1. The number of fused-ring (bicyclic) bond motifs is 3. The van der Waals surface area contributed by atoms with Gasteiger partial charge in [-0.1, -0.05) is 43.7 Å². The topological polar surface area (TPSA) is 29.3 Å². The molecule has 0 radical (unpaired) electrons. The molecule has 0 bridgehead atoms. The van der Waals surface area contributed by atoms with Crippen LogP contribution in [0.15, 0.2) is 52.7 Å². The summed E-state index contributed by atoms with van der Waals surface area (Å²) < 4.78 is 6.54. The van der Waals surface area contributed by atoms with Crippen molar-refractivity contribution in [3.63, 3.8) is 0 Å². The van der Waals surface area contributed by atoms with Gasteiger partial charge in [-0.15, -0.1) is 0 Å². The molecule has 0 amide bonds. The largest absolute Gasteiger partial charge is 0.455 e. The molecule has 3 heteroatoms. The van der Waals surface area contributed by atoms with Crippen molar-refractivity contribution in [1.82, 2.24) is 9.88 Å². The molecule has 0 N–H and O–H groups in total. The SMILES string of the molecule is CC1=CC(C)(c2c(C)ncc3c2oc2c(C(C)C)cccc23)N(C)C=C1. The first-order valence-electron chi connectivity index (χ1n) is 9.24. The van der Waals surface area contributed by atoms with Crippen LogP contribution < -0.4 is 0 Å². The zero-order chi connectivity index (χ0) is 18.6. The summed E-state index contributed by atoms with van der Waals surface area (Å²) in [5.41, 5.74) is 6.31. The fraction of sp³-hybridized carbons (Fsp3) is 0.348. The number of rotatable bonds is 2. The van der Waals surface area contributed by atoms with E-state index < -0.39 is 0 Å². The summed E-state index contributed by atoms with van der Waals surface area (Å²) in [5.74, 6) is 0.412. The molecule has 3 nitrogen and oxygen atoms in total. The molecule has 4 rings (SSSR count). The molecular weight excluding hydrogens is 320 g/mol. The first kappa shape index (κ1) is 16.9. The van der Waals surface area contributed by atoms with Gasteiger partial charge in [0.25, 0.3) is 0 Å². The molecule has 3 aromatic rings. The summed E-state index contributed by atoms with van der Waals surface area (Å²) in [7, 11) is 2.11. The maximum atomic E-state index is 6.54. The minimum atomic E-state index is -0.290. The van der Waals surface area contributed by atoms with Crippen LogP contribution in [0.25, 0.3) is 21.9 Å². The highest BCUT2D eigenvalue weighted by atomic mass is 16.3. The van der Waals surface area contributed by atoms with E-state index >= 15 is 0 Å². The van der Waals surface area contributed by atoms with Gasteiger partial charge in [-0.25, -0.2) is 0 Å². The molecule has 1 atom stereocenters. The minimum absolute atomic E-state index is 0.290. The quantitative estimate of drug-likeness (QED) is 0.567. The van der Waals surface area contributed by atoms with E-state index in [4.69, 9.17) is 9.40 Å². The Morgan fingerprint density at radius 2 is 1.88 bits per heavy atom. The molecule has 26 heavy (non-hydrogen) atoms. The molecule has 0 fully saturated rings. The third-order valence-corrected chi connectivity index (χ3v) is 5.69. The van der Waals surface area contributed by atoms with Gasteiger partial charge >= 0.3 is 0 Å². The zero-order valence-electron chi connectivity index (χ0n) is 16.4. The van der Waals surface area contributed by atoms with E-state index in [0.29, 0.717) is 5.92 Å². The summed E-state index contributed by atoms with van der Waals surface area (Å²) in [6, 6.07) is 6.42. The van der Waals surface area contributed by atoms with Crippen LogP contribution in [0.4, 0.5) is 0 Å². The number of aromatic nitrogens is 1. The first-order valence-corrected chi connectivity index (χ1v) is 9.24. The predicted octanol–water partition coefficient (Wildman–Crippen LogP) is 6.03. The highest BCUT2D eigenvalue weighted by molar-refractivity contribution is 6.07. The van der Waals surface area contributed by atoms with Crippen LogP contribution in [0, 0.1) is 6.92 Å². The van der Waals surface area contributed by atoms with Crippen molar-refractivity contribution >= 4 is 21.9 Å². The summed E-state index contributed by atoms with van der Waals surface area (Å²) in [5, 5.41) is 2.25. The fourth-order valence-corrected chi connectivity index (χ4v) is 4.14. The Morgan fingerprint density at radius 1 is 1.12 bits per heavy atom. The van der Waals surface area contributed by atoms with E-state index in [1.807, 2.05) is 6.20 Å². The number of likely N-dealkylation sites (N-methyl/N-ethyl adjacent to an activating group) is 1. The second-order valence-electron chi connectivity index (χ2n) is 7.90. The van der Waals surface area contributed by atoms with E-state index in [1.54, 1.807) is 0 Å². The Labute approximate surface area is 155 Å². The van der Waals surface area contributed by atoms with Crippen LogP contribution >= 0.6 is 0 Å². The molecule has 1 aliphatic rings. The Hall–Kier alpha value is -2.55. The molecule has 1 unspecified atom stereocenters. The van der Waals surface area contributed by atoms with Gasteiger partial charge in [-0.2, -0.15) is 0 Å². The highest BCUT2D eigenvalue weighted by Crippen LogP contribution is 2.42. The van der Waals surface area contributed by atoms with E-state index in [-0.39, 0.29) is 5.54 Å². The maximum absolute atomic E-state index is 6.54. The van der Waals surface area contributed by atoms with Crippen LogP contribution in [0.1, 0.15) is 50.4 Å². The third-order valence-electron chi connectivity index (χ3n) is 5.69. The van der Waals surface area contributed by atoms with E-state index in [0.717, 1.165) is 33.2 Å². The van der Waals surface area contributed by atoms with Crippen molar-refractivity contribution in [1.29, 1.82) is 0 Å². The Bertz CT molecular complexity index is 1070. The molecule has 0 saturated carbocycles. The lowest BCUT2D eigenvalue weighted by atomic mass is 9.85. The smallest absolute Gasteiger partial charge is 0.144 e. The molecule has 0 aliphatic carbocycles. The number of allylic oxidation sites excluding steroid dienone is 2. The monoisotopic (exact) mass is 346 g/mol. The van der Waals surface area contributed by atoms with Crippen LogP contribution in [0.3, 0.4) is 0 Å². The Kier molecular flexibility index (Phi) is 3.72. The second kappa shape index (κ2) is 5.73. The number of para-hydroxylation sites is 1. The van der Waals surface area contributed by atoms with Crippen LogP contribution in [0.2, 0.25) is 0 Å². The van der Waals surface area contributed by atoms with Gasteiger partial charge in [0.2, 0.25) is 0 Å². The van der Waals surface area contributed by atoms with Gasteiger partial charge in [0, 0.05) is 41.5 Å². The van der Waals surface area contributed by atoms with E-state index in [2.05, 4.69) is 83.1 Å². The number of aryl methyl sites for hydroxylation is 1. The minimum Gasteiger partial charge on any atom is -0.455 e. The zero-order valence-corrected chi connectivity index (χ0v) is 16.4. The number of nitrogens with zero attached hydrogens (tertiary/aromatic N) is 2. The molecule has 0 saturated heterocycles. The van der Waals surface area contributed by atoms with Crippen LogP contribution in [-0.4, -0.2) is 16.9 Å². The lowest BCUT2D eigenvalue weighted by Crippen LogP contribution is -2.38. The van der Waals surface area contributed by atoms with E-state index in [1.165, 1.54) is 11.1 Å². The van der Waals surface area contributed by atoms with Crippen molar-refractivity contribution in [3.8, 4) is 0 Å². The van der Waals surface area contributed by atoms with Crippen molar-refractivity contribution in [2.24, 2.45) is 0 Å². The van der Waals surface area contributed by atoms with Crippen molar-refractivity contribution in [3.05, 3.63) is 65.1 Å². The normalized spacial score (nSPS) is 20.4. The predicted molar refractivity (Wildman–Crippen MR) is 108 cm³/mol. The summed E-state index contributed by atoms with van der Waals surface area (Å²) in [6.07, 6.45) is 8.53. The molecule has 134 valence electrons. The highest BCUT2D eigenvalue weighted by Gasteiger charge is 2.35. The Balaban J connectivity index is 2.11. The molecule has 1 aromatic carbocycles. The fourth-order valence-electron chi connectivity index (χ4n) is 4.14. The number of hydrogen-bond acceptors (Lipinski definition) is 3. The van der Waals surface area contributed by atoms with Gasteiger partial charge in [-0.05, 0) is 38.3 Å². The van der Waals surface area contributed by atoms with Crippen LogP contribution in [0.5, 0.6) is 0 Å². The lowest BCUT2D eigenvalue weighted by molar-refractivity contribution is 0.258. The van der Waals surface area contributed by atoms with E-state index in [9.17, 15) is 0 Å². The van der Waals surface area contributed by atoms with Gasteiger partial charge < -0.3 is 9.32 Å². The molecular formula is C23H26N2O. The van der Waals surface area contributed by atoms with Crippen molar-refractivity contribution in [2.75, 3.05) is 7.05 Å². The van der Waals surface area contributed by atoms with Crippen LogP contribution in [-0.2, 0) is 5.54 Å². The van der Waals surface area contributed by atoms with Gasteiger partial charge in [0.1, 0.15) is 11.2 Å². The average Bonchev–Trinajstić information content (AvgIpc) is 2.96. The average molecular weight is 346 g/mol. The second-order valence-corrected chi connectivity index (χ2v) is 7.90. The first-order chi connectivity index (χ1) is 12.3. The van der Waals surface area contributed by atoms with Crippen molar-refractivity contribution < 1.29 is 4.42 Å². The molecule has 2 aromatic heterocycles. The Morgan fingerprint density at radius 3 is 2.62 bits per heavy atom. The van der Waals surface area contributed by atoms with Gasteiger partial charge in [-0.3, -0.25) is 4.98 Å². The summed E-state index contributed by atoms with van der Waals surface area (Å²) in [6.45, 7) is 10.9. The molecule has 3 heterocycles. The summed E-state index contributed by atoms with van der Waals surface area (Å²) >= 11 is 0. The number of benzene rings is 1. The number of hydrogen-bond donors (Lipinski definition) is 0. The van der Waals surface area contributed by atoms with Crippen molar-refractivity contribution in [2.45, 2.75) is 46.1 Å². The third kappa shape index (κ3) is 2.30. The number of furan rings is 1. The lowest BCUT2D eigenvalue weighted by Gasteiger charge is -2.39. The molecule has 1 aliphatic heterocycles. The van der Waals surface area contributed by atoms with Gasteiger partial charge in [0.05, 0.1) is 5.54 Å². The van der Waals surface area contributed by atoms with Gasteiger partial charge in [0.15, 0.2) is 0 Å². The standard InChI is InChI=1S/C23H26N2O/c1-14(2)17-8-7-9-18-19-13-24-16(4)20(22(19)26-21(17)18)23(5)12-15(3)10-11-25(23)6/h7-14H,1-6H3. The maximum Gasteiger partial charge on any atom is 0.144 e. The molecule has 0 spiro atoms.